The lowest BCUT2D eigenvalue weighted by molar-refractivity contribution is 0.0696. The molecule has 0 saturated carbocycles. The maximum absolute atomic E-state index is 12.5. The molecule has 0 spiro atoms. The van der Waals surface area contributed by atoms with Crippen molar-refractivity contribution in [2.75, 3.05) is 11.4 Å². The summed E-state index contributed by atoms with van der Waals surface area (Å²) in [5, 5.41) is 9.89. The summed E-state index contributed by atoms with van der Waals surface area (Å²) in [5.41, 5.74) is 1.90. The number of aromatic nitrogens is 1. The van der Waals surface area contributed by atoms with Gasteiger partial charge in [0.2, 0.25) is 0 Å². The number of thiazole rings is 1. The summed E-state index contributed by atoms with van der Waals surface area (Å²) in [7, 11) is 0. The van der Waals surface area contributed by atoms with Crippen molar-refractivity contribution < 1.29 is 14.7 Å². The highest BCUT2D eigenvalue weighted by molar-refractivity contribution is 7.13. The first-order valence-corrected chi connectivity index (χ1v) is 6.98. The van der Waals surface area contributed by atoms with E-state index in [9.17, 15) is 9.59 Å². The third kappa shape index (κ3) is 2.08. The molecule has 0 radical (unpaired) electrons. The molecule has 5 nitrogen and oxygen atoms in total. The highest BCUT2D eigenvalue weighted by Crippen LogP contribution is 2.31. The van der Waals surface area contributed by atoms with E-state index in [0.717, 1.165) is 17.0 Å². The Morgan fingerprint density at radius 3 is 2.85 bits per heavy atom. The summed E-state index contributed by atoms with van der Waals surface area (Å²) in [4.78, 5) is 29.8. The van der Waals surface area contributed by atoms with Crippen LogP contribution in [0.3, 0.4) is 0 Å². The van der Waals surface area contributed by atoms with E-state index in [0.29, 0.717) is 17.1 Å². The molecule has 1 N–H and O–H groups in total. The molecule has 1 aliphatic rings. The molecule has 20 heavy (non-hydrogen) atoms. The van der Waals surface area contributed by atoms with Gasteiger partial charge in [0.05, 0.1) is 16.8 Å². The van der Waals surface area contributed by atoms with Crippen molar-refractivity contribution in [2.45, 2.75) is 13.3 Å². The molecular formula is C14H12N2O3S. The van der Waals surface area contributed by atoms with Crippen molar-refractivity contribution in [2.24, 2.45) is 0 Å². The van der Waals surface area contributed by atoms with Crippen LogP contribution in [0, 0.1) is 6.92 Å². The average Bonchev–Trinajstić information content (AvgIpc) is 3.03. The number of benzene rings is 1. The zero-order valence-corrected chi connectivity index (χ0v) is 11.6. The fourth-order valence-corrected chi connectivity index (χ4v) is 3.04. The molecule has 0 saturated heterocycles. The van der Waals surface area contributed by atoms with E-state index >= 15 is 0 Å². The first-order valence-electron chi connectivity index (χ1n) is 6.17. The van der Waals surface area contributed by atoms with E-state index in [1.807, 2.05) is 6.92 Å². The average molecular weight is 288 g/mol. The van der Waals surface area contributed by atoms with Gasteiger partial charge in [-0.05, 0) is 31.0 Å². The molecule has 0 aliphatic carbocycles. The Morgan fingerprint density at radius 1 is 1.40 bits per heavy atom. The van der Waals surface area contributed by atoms with E-state index in [2.05, 4.69) is 4.98 Å². The lowest BCUT2D eigenvalue weighted by atomic mass is 10.1. The molecule has 0 bridgehead atoms. The first-order chi connectivity index (χ1) is 9.56. The second kappa shape index (κ2) is 4.72. The number of rotatable bonds is 2. The quantitative estimate of drug-likeness (QED) is 0.921. The number of fused-ring (bicyclic) bond motifs is 1. The molecule has 1 aromatic heterocycles. The fraction of sp³-hybridized carbons (Fsp3) is 0.214. The number of aryl methyl sites for hydroxylation is 1. The molecule has 3 rings (SSSR count). The van der Waals surface area contributed by atoms with Crippen LogP contribution in [0.25, 0.3) is 0 Å². The predicted molar refractivity (Wildman–Crippen MR) is 75.6 cm³/mol. The third-order valence-corrected chi connectivity index (χ3v) is 4.21. The fourth-order valence-electron chi connectivity index (χ4n) is 2.32. The molecule has 2 aromatic rings. The minimum atomic E-state index is -0.985. The van der Waals surface area contributed by atoms with E-state index in [1.165, 1.54) is 11.3 Å². The second-order valence-corrected chi connectivity index (χ2v) is 5.83. The zero-order chi connectivity index (χ0) is 14.3. The molecular weight excluding hydrogens is 276 g/mol. The lowest BCUT2D eigenvalue weighted by Crippen LogP contribution is -2.28. The molecule has 1 aromatic carbocycles. The van der Waals surface area contributed by atoms with Gasteiger partial charge in [0.25, 0.3) is 5.91 Å². The number of carbonyl (C=O) groups is 2. The van der Waals surface area contributed by atoms with E-state index in [-0.39, 0.29) is 11.5 Å². The Hall–Kier alpha value is -2.21. The number of amides is 1. The number of hydrogen-bond acceptors (Lipinski definition) is 4. The van der Waals surface area contributed by atoms with Crippen LogP contribution < -0.4 is 4.90 Å². The van der Waals surface area contributed by atoms with Gasteiger partial charge in [-0.3, -0.25) is 4.79 Å². The Labute approximate surface area is 119 Å². The van der Waals surface area contributed by atoms with Crippen LogP contribution in [0.15, 0.2) is 24.4 Å². The number of carboxylic acid groups (broad SMARTS) is 1. The van der Waals surface area contributed by atoms with Crippen LogP contribution in [-0.2, 0) is 6.42 Å². The minimum absolute atomic E-state index is 0.114. The van der Waals surface area contributed by atoms with Crippen molar-refractivity contribution >= 4 is 28.9 Å². The molecule has 6 heteroatoms. The number of carbonyl (C=O) groups excluding carboxylic acids is 1. The van der Waals surface area contributed by atoms with Crippen LogP contribution in [-0.4, -0.2) is 28.5 Å². The number of nitrogens with zero attached hydrogens (tertiary/aromatic N) is 2. The Balaban J connectivity index is 1.97. The SMILES string of the molecule is Cc1ncc(C(=O)N2CCc3ccc(C(=O)O)cc32)s1. The molecule has 102 valence electrons. The van der Waals surface area contributed by atoms with Crippen molar-refractivity contribution in [1.82, 2.24) is 4.98 Å². The number of aromatic carboxylic acids is 1. The van der Waals surface area contributed by atoms with Crippen molar-refractivity contribution in [3.63, 3.8) is 0 Å². The Kier molecular flexibility index (Phi) is 3.02. The van der Waals surface area contributed by atoms with Crippen molar-refractivity contribution in [3.05, 3.63) is 45.4 Å². The van der Waals surface area contributed by atoms with Crippen molar-refractivity contribution in [3.8, 4) is 0 Å². The predicted octanol–water partition coefficient (Wildman–Crippen LogP) is 2.35. The summed E-state index contributed by atoms with van der Waals surface area (Å²) >= 11 is 1.35. The van der Waals surface area contributed by atoms with Crippen LogP contribution in [0.4, 0.5) is 5.69 Å². The Bertz CT molecular complexity index is 708. The maximum Gasteiger partial charge on any atom is 0.335 e. The van der Waals surface area contributed by atoms with Gasteiger partial charge < -0.3 is 10.0 Å². The summed E-state index contributed by atoms with van der Waals surface area (Å²) in [6, 6.07) is 4.92. The highest BCUT2D eigenvalue weighted by Gasteiger charge is 2.27. The standard InChI is InChI=1S/C14H12N2O3S/c1-8-15-7-12(20-8)13(17)16-5-4-9-2-3-10(14(18)19)6-11(9)16/h2-3,6-7H,4-5H2,1H3,(H,18,19). The normalized spacial score (nSPS) is 13.3. The molecule has 0 unspecified atom stereocenters. The summed E-state index contributed by atoms with van der Waals surface area (Å²) in [6.07, 6.45) is 2.32. The first kappa shape index (κ1) is 12.8. The van der Waals surface area contributed by atoms with Gasteiger partial charge in [-0.2, -0.15) is 0 Å². The largest absolute Gasteiger partial charge is 0.478 e. The maximum atomic E-state index is 12.5. The monoisotopic (exact) mass is 288 g/mol. The van der Waals surface area contributed by atoms with Gasteiger partial charge in [-0.25, -0.2) is 9.78 Å². The molecule has 2 heterocycles. The third-order valence-electron chi connectivity index (χ3n) is 3.31. The highest BCUT2D eigenvalue weighted by atomic mass is 32.1. The molecule has 0 atom stereocenters. The Morgan fingerprint density at radius 2 is 2.20 bits per heavy atom. The zero-order valence-electron chi connectivity index (χ0n) is 10.8. The lowest BCUT2D eigenvalue weighted by Gasteiger charge is -2.16. The van der Waals surface area contributed by atoms with E-state index in [1.54, 1.807) is 29.3 Å². The van der Waals surface area contributed by atoms with Gasteiger partial charge >= 0.3 is 5.97 Å². The summed E-state index contributed by atoms with van der Waals surface area (Å²) < 4.78 is 0. The van der Waals surface area contributed by atoms with Crippen LogP contribution in [0.5, 0.6) is 0 Å². The molecule has 1 aliphatic heterocycles. The smallest absolute Gasteiger partial charge is 0.335 e. The minimum Gasteiger partial charge on any atom is -0.478 e. The van der Waals surface area contributed by atoms with Gasteiger partial charge in [0, 0.05) is 12.2 Å². The number of carboxylic acids is 1. The second-order valence-electron chi connectivity index (χ2n) is 4.60. The van der Waals surface area contributed by atoms with E-state index < -0.39 is 5.97 Å². The topological polar surface area (TPSA) is 70.5 Å². The van der Waals surface area contributed by atoms with Crippen LogP contribution >= 0.6 is 11.3 Å². The summed E-state index contributed by atoms with van der Waals surface area (Å²) in [5.74, 6) is -1.10. The van der Waals surface area contributed by atoms with Crippen molar-refractivity contribution in [1.29, 1.82) is 0 Å². The summed E-state index contributed by atoms with van der Waals surface area (Å²) in [6.45, 7) is 2.43. The van der Waals surface area contributed by atoms with Crippen LogP contribution in [0.1, 0.15) is 30.6 Å². The molecule has 1 amide bonds. The van der Waals surface area contributed by atoms with Gasteiger partial charge in [-0.1, -0.05) is 6.07 Å². The molecule has 0 fully saturated rings. The number of anilines is 1. The van der Waals surface area contributed by atoms with Gasteiger partial charge in [0.15, 0.2) is 0 Å². The van der Waals surface area contributed by atoms with Gasteiger partial charge in [0.1, 0.15) is 4.88 Å². The van der Waals surface area contributed by atoms with Crippen LogP contribution in [0.2, 0.25) is 0 Å². The van der Waals surface area contributed by atoms with E-state index in [4.69, 9.17) is 5.11 Å². The number of hydrogen-bond donors (Lipinski definition) is 1. The van der Waals surface area contributed by atoms with Gasteiger partial charge in [-0.15, -0.1) is 11.3 Å².